The largest absolute Gasteiger partial charge is 0.489 e. The molecule has 1 atom stereocenters. The Morgan fingerprint density at radius 3 is 2.89 bits per heavy atom. The molecule has 1 aromatic carbocycles. The normalized spacial score (nSPS) is 12.0. The fraction of sp³-hybridized carbons (Fsp3) is 0.286. The fourth-order valence-electron chi connectivity index (χ4n) is 2.78. The highest BCUT2D eigenvalue weighted by Gasteiger charge is 2.11. The van der Waals surface area contributed by atoms with Crippen molar-refractivity contribution in [1.29, 1.82) is 0 Å². The third kappa shape index (κ3) is 5.92. The standard InChI is InChI=1S/C21H24N4O3/c1-16(12-24-21(26)20-7-4-10-27-20)28-19-6-3-5-17(11-19)14-25(2)15-18-13-22-8-9-23-18/h3-11,13,16H,12,14-15H2,1-2H3,(H,24,26)/t16-/m1/s1. The van der Waals surface area contributed by atoms with Crippen molar-refractivity contribution in [3.63, 3.8) is 0 Å². The van der Waals surface area contributed by atoms with Crippen molar-refractivity contribution < 1.29 is 13.9 Å². The second-order valence-corrected chi connectivity index (χ2v) is 6.63. The van der Waals surface area contributed by atoms with Crippen LogP contribution in [0.15, 0.2) is 65.7 Å². The molecule has 28 heavy (non-hydrogen) atoms. The number of nitrogens with one attached hydrogen (secondary N) is 1. The quantitative estimate of drug-likeness (QED) is 0.615. The number of rotatable bonds is 9. The zero-order chi connectivity index (χ0) is 19.8. The van der Waals surface area contributed by atoms with Crippen LogP contribution in [0.3, 0.4) is 0 Å². The maximum absolute atomic E-state index is 11.9. The van der Waals surface area contributed by atoms with Crippen LogP contribution in [0, 0.1) is 0 Å². The van der Waals surface area contributed by atoms with Crippen molar-refractivity contribution in [3.05, 3.63) is 78.3 Å². The SMILES string of the molecule is C[C@H](CNC(=O)c1ccco1)Oc1cccc(CN(C)Cc2cnccn2)c1. The molecule has 0 saturated carbocycles. The maximum Gasteiger partial charge on any atom is 0.287 e. The van der Waals surface area contributed by atoms with Crippen LogP contribution in [0.1, 0.15) is 28.7 Å². The van der Waals surface area contributed by atoms with E-state index in [0.29, 0.717) is 18.8 Å². The van der Waals surface area contributed by atoms with Gasteiger partial charge in [0.25, 0.3) is 5.91 Å². The highest BCUT2D eigenvalue weighted by molar-refractivity contribution is 5.91. The monoisotopic (exact) mass is 380 g/mol. The van der Waals surface area contributed by atoms with Gasteiger partial charge in [-0.3, -0.25) is 19.7 Å². The molecule has 0 aliphatic rings. The number of ether oxygens (including phenoxy) is 1. The van der Waals surface area contributed by atoms with Gasteiger partial charge in [0, 0.05) is 31.7 Å². The molecule has 3 rings (SSSR count). The van der Waals surface area contributed by atoms with Crippen molar-refractivity contribution in [2.24, 2.45) is 0 Å². The van der Waals surface area contributed by atoms with E-state index in [4.69, 9.17) is 9.15 Å². The second kappa shape index (κ2) is 9.66. The van der Waals surface area contributed by atoms with Crippen LogP contribution in [-0.2, 0) is 13.1 Å². The molecule has 0 bridgehead atoms. The van der Waals surface area contributed by atoms with E-state index in [1.54, 1.807) is 30.7 Å². The predicted octanol–water partition coefficient (Wildman–Crippen LogP) is 2.90. The first-order chi connectivity index (χ1) is 13.6. The summed E-state index contributed by atoms with van der Waals surface area (Å²) in [6.07, 6.45) is 6.44. The van der Waals surface area contributed by atoms with Crippen molar-refractivity contribution in [2.45, 2.75) is 26.1 Å². The highest BCUT2D eigenvalue weighted by Crippen LogP contribution is 2.16. The number of amides is 1. The molecule has 0 unspecified atom stereocenters. The van der Waals surface area contributed by atoms with Gasteiger partial charge in [0.05, 0.1) is 18.5 Å². The smallest absolute Gasteiger partial charge is 0.287 e. The van der Waals surface area contributed by atoms with E-state index < -0.39 is 0 Å². The number of nitrogens with zero attached hydrogens (tertiary/aromatic N) is 3. The number of carbonyl (C=O) groups excluding carboxylic acids is 1. The van der Waals surface area contributed by atoms with E-state index in [1.807, 2.05) is 32.2 Å². The van der Waals surface area contributed by atoms with Gasteiger partial charge in [-0.25, -0.2) is 0 Å². The lowest BCUT2D eigenvalue weighted by molar-refractivity contribution is 0.0904. The Balaban J connectivity index is 1.49. The van der Waals surface area contributed by atoms with Crippen molar-refractivity contribution >= 4 is 5.91 Å². The molecule has 0 fully saturated rings. The Labute approximate surface area is 164 Å². The fourth-order valence-corrected chi connectivity index (χ4v) is 2.78. The molecule has 7 nitrogen and oxygen atoms in total. The van der Waals surface area contributed by atoms with Crippen LogP contribution in [0.5, 0.6) is 5.75 Å². The average molecular weight is 380 g/mol. The first-order valence-electron chi connectivity index (χ1n) is 9.11. The van der Waals surface area contributed by atoms with E-state index in [2.05, 4.69) is 26.3 Å². The Morgan fingerprint density at radius 1 is 1.25 bits per heavy atom. The van der Waals surface area contributed by atoms with Crippen LogP contribution in [0.4, 0.5) is 0 Å². The van der Waals surface area contributed by atoms with Gasteiger partial charge in [-0.05, 0) is 43.8 Å². The van der Waals surface area contributed by atoms with Gasteiger partial charge < -0.3 is 14.5 Å². The van der Waals surface area contributed by atoms with Gasteiger partial charge in [0.2, 0.25) is 0 Å². The van der Waals surface area contributed by atoms with E-state index in [-0.39, 0.29) is 12.0 Å². The number of carbonyl (C=O) groups is 1. The van der Waals surface area contributed by atoms with Crippen LogP contribution >= 0.6 is 0 Å². The minimum Gasteiger partial charge on any atom is -0.489 e. The Hall–Kier alpha value is -3.19. The van der Waals surface area contributed by atoms with Gasteiger partial charge in [-0.1, -0.05) is 12.1 Å². The second-order valence-electron chi connectivity index (χ2n) is 6.63. The number of furan rings is 1. The summed E-state index contributed by atoms with van der Waals surface area (Å²) in [5.41, 5.74) is 2.06. The molecule has 1 amide bonds. The van der Waals surface area contributed by atoms with Crippen molar-refractivity contribution in [1.82, 2.24) is 20.2 Å². The summed E-state index contributed by atoms with van der Waals surface area (Å²) in [4.78, 5) is 22.5. The maximum atomic E-state index is 11.9. The molecule has 0 aliphatic carbocycles. The summed E-state index contributed by atoms with van der Waals surface area (Å²) in [5, 5.41) is 2.80. The van der Waals surface area contributed by atoms with Crippen molar-refractivity contribution in [3.8, 4) is 5.75 Å². The van der Waals surface area contributed by atoms with E-state index >= 15 is 0 Å². The molecule has 0 aliphatic heterocycles. The number of benzene rings is 1. The minimum atomic E-state index is -0.250. The third-order valence-electron chi connectivity index (χ3n) is 4.03. The number of hydrogen-bond donors (Lipinski definition) is 1. The summed E-state index contributed by atoms with van der Waals surface area (Å²) in [7, 11) is 2.04. The molecule has 0 spiro atoms. The highest BCUT2D eigenvalue weighted by atomic mass is 16.5. The molecule has 2 aromatic heterocycles. The van der Waals surface area contributed by atoms with Gasteiger partial charge in [-0.15, -0.1) is 0 Å². The molecular formula is C21H24N4O3. The third-order valence-corrected chi connectivity index (χ3v) is 4.03. The lowest BCUT2D eigenvalue weighted by Crippen LogP contribution is -2.33. The molecule has 0 saturated heterocycles. The summed E-state index contributed by atoms with van der Waals surface area (Å²) < 4.78 is 11.0. The lowest BCUT2D eigenvalue weighted by atomic mass is 10.2. The first kappa shape index (κ1) is 19.6. The summed E-state index contributed by atoms with van der Waals surface area (Å²) in [6, 6.07) is 11.3. The first-order valence-corrected chi connectivity index (χ1v) is 9.11. The Morgan fingerprint density at radius 2 is 2.14 bits per heavy atom. The predicted molar refractivity (Wildman–Crippen MR) is 105 cm³/mol. The average Bonchev–Trinajstić information content (AvgIpc) is 3.22. The van der Waals surface area contributed by atoms with Gasteiger partial charge in [0.1, 0.15) is 11.9 Å². The Bertz CT molecular complexity index is 868. The molecular weight excluding hydrogens is 356 g/mol. The summed E-state index contributed by atoms with van der Waals surface area (Å²) in [5.74, 6) is 0.810. The molecule has 1 N–H and O–H groups in total. The Kier molecular flexibility index (Phi) is 6.75. The lowest BCUT2D eigenvalue weighted by Gasteiger charge is -2.18. The summed E-state index contributed by atoms with van der Waals surface area (Å²) in [6.45, 7) is 3.77. The molecule has 2 heterocycles. The van der Waals surface area contributed by atoms with Crippen molar-refractivity contribution in [2.75, 3.05) is 13.6 Å². The zero-order valence-electron chi connectivity index (χ0n) is 16.0. The van der Waals surface area contributed by atoms with E-state index in [9.17, 15) is 4.79 Å². The molecule has 0 radical (unpaired) electrons. The van der Waals surface area contributed by atoms with Gasteiger partial charge in [-0.2, -0.15) is 0 Å². The molecule has 3 aromatic rings. The van der Waals surface area contributed by atoms with Gasteiger partial charge >= 0.3 is 0 Å². The van der Waals surface area contributed by atoms with E-state index in [0.717, 1.165) is 23.6 Å². The zero-order valence-corrected chi connectivity index (χ0v) is 16.0. The van der Waals surface area contributed by atoms with E-state index in [1.165, 1.54) is 6.26 Å². The molecule has 7 heteroatoms. The van der Waals surface area contributed by atoms with Crippen LogP contribution in [0.2, 0.25) is 0 Å². The summed E-state index contributed by atoms with van der Waals surface area (Å²) >= 11 is 0. The van der Waals surface area contributed by atoms with Crippen LogP contribution in [0.25, 0.3) is 0 Å². The minimum absolute atomic E-state index is 0.175. The number of hydrogen-bond acceptors (Lipinski definition) is 6. The van der Waals surface area contributed by atoms with Crippen LogP contribution in [-0.4, -0.2) is 40.5 Å². The van der Waals surface area contributed by atoms with Gasteiger partial charge in [0.15, 0.2) is 5.76 Å². The molecule has 146 valence electrons. The number of aromatic nitrogens is 2. The van der Waals surface area contributed by atoms with Crippen LogP contribution < -0.4 is 10.1 Å². The topological polar surface area (TPSA) is 80.5 Å².